The van der Waals surface area contributed by atoms with Crippen molar-refractivity contribution in [1.82, 2.24) is 10.2 Å². The molecule has 1 aromatic heterocycles. The van der Waals surface area contributed by atoms with Crippen molar-refractivity contribution in [1.29, 1.82) is 0 Å². The van der Waals surface area contributed by atoms with Crippen LogP contribution in [0.5, 0.6) is 0 Å². The van der Waals surface area contributed by atoms with E-state index in [4.69, 9.17) is 27.6 Å². The van der Waals surface area contributed by atoms with E-state index < -0.39 is 0 Å². The molecule has 3 aromatic rings. The van der Waals surface area contributed by atoms with Crippen LogP contribution in [-0.4, -0.2) is 21.9 Å². The molecular weight excluding hydrogens is 417 g/mol. The number of amides is 1. The zero-order valence-electron chi connectivity index (χ0n) is 15.6. The lowest BCUT2D eigenvalue weighted by Crippen LogP contribution is -2.14. The van der Waals surface area contributed by atoms with Gasteiger partial charge in [-0.2, -0.15) is 0 Å². The number of hydrogen-bond donors (Lipinski definition) is 1. The third kappa shape index (κ3) is 5.28. The van der Waals surface area contributed by atoms with Crippen LogP contribution >= 0.6 is 35.0 Å². The molecule has 0 fully saturated rings. The van der Waals surface area contributed by atoms with Gasteiger partial charge in [0, 0.05) is 10.6 Å². The molecular formula is C20H19Cl2N3O2S. The van der Waals surface area contributed by atoms with Gasteiger partial charge in [-0.05, 0) is 41.3 Å². The SMILES string of the molecule is CC(C)(C)c1ccc(-c2nnc(SCC(=O)Nc3cc(Cl)ccc3Cl)o2)cc1. The molecule has 2 aromatic carbocycles. The maximum atomic E-state index is 12.1. The van der Waals surface area contributed by atoms with Crippen molar-refractivity contribution in [2.75, 3.05) is 11.1 Å². The molecule has 0 saturated heterocycles. The Labute approximate surface area is 177 Å². The Balaban J connectivity index is 1.60. The molecule has 1 N–H and O–H groups in total. The van der Waals surface area contributed by atoms with Crippen LogP contribution in [0.15, 0.2) is 52.1 Å². The van der Waals surface area contributed by atoms with Gasteiger partial charge in [0.25, 0.3) is 5.22 Å². The summed E-state index contributed by atoms with van der Waals surface area (Å²) in [6.45, 7) is 6.47. The van der Waals surface area contributed by atoms with Gasteiger partial charge in [-0.15, -0.1) is 10.2 Å². The van der Waals surface area contributed by atoms with E-state index in [1.165, 1.54) is 5.56 Å². The average molecular weight is 436 g/mol. The van der Waals surface area contributed by atoms with Crippen molar-refractivity contribution in [2.24, 2.45) is 0 Å². The van der Waals surface area contributed by atoms with Crippen LogP contribution in [0, 0.1) is 0 Å². The molecule has 0 aliphatic rings. The van der Waals surface area contributed by atoms with Crippen LogP contribution in [0.1, 0.15) is 26.3 Å². The van der Waals surface area contributed by atoms with Crippen LogP contribution < -0.4 is 5.32 Å². The van der Waals surface area contributed by atoms with Crippen molar-refractivity contribution < 1.29 is 9.21 Å². The number of anilines is 1. The third-order valence-electron chi connectivity index (χ3n) is 3.93. The van der Waals surface area contributed by atoms with E-state index in [1.807, 2.05) is 12.1 Å². The molecule has 1 heterocycles. The van der Waals surface area contributed by atoms with Crippen LogP contribution in [0.25, 0.3) is 11.5 Å². The highest BCUT2D eigenvalue weighted by molar-refractivity contribution is 7.99. The predicted molar refractivity (Wildman–Crippen MR) is 114 cm³/mol. The van der Waals surface area contributed by atoms with Gasteiger partial charge in [-0.1, -0.05) is 67.9 Å². The van der Waals surface area contributed by atoms with Gasteiger partial charge in [-0.25, -0.2) is 0 Å². The van der Waals surface area contributed by atoms with Crippen molar-refractivity contribution in [2.45, 2.75) is 31.4 Å². The quantitative estimate of drug-likeness (QED) is 0.492. The van der Waals surface area contributed by atoms with Gasteiger partial charge in [-0.3, -0.25) is 4.79 Å². The molecule has 0 spiro atoms. The fraction of sp³-hybridized carbons (Fsp3) is 0.250. The first kappa shape index (κ1) is 20.7. The van der Waals surface area contributed by atoms with Gasteiger partial charge < -0.3 is 9.73 Å². The Bertz CT molecular complexity index is 982. The number of aromatic nitrogens is 2. The second-order valence-corrected chi connectivity index (χ2v) is 8.93. The maximum absolute atomic E-state index is 12.1. The molecule has 5 nitrogen and oxygen atoms in total. The Kier molecular flexibility index (Phi) is 6.33. The Morgan fingerprint density at radius 2 is 1.82 bits per heavy atom. The minimum Gasteiger partial charge on any atom is -0.411 e. The molecule has 0 saturated carbocycles. The summed E-state index contributed by atoms with van der Waals surface area (Å²) in [4.78, 5) is 12.1. The predicted octanol–water partition coefficient (Wildman–Crippen LogP) is 6.07. The Hall–Kier alpha value is -2.02. The normalized spacial score (nSPS) is 11.5. The highest BCUT2D eigenvalue weighted by Crippen LogP contribution is 2.28. The number of nitrogens with one attached hydrogen (secondary N) is 1. The number of carbonyl (C=O) groups is 1. The summed E-state index contributed by atoms with van der Waals surface area (Å²) in [5.74, 6) is 0.276. The first-order valence-electron chi connectivity index (χ1n) is 8.54. The number of carbonyl (C=O) groups excluding carboxylic acids is 1. The molecule has 0 atom stereocenters. The van der Waals surface area contributed by atoms with E-state index >= 15 is 0 Å². The molecule has 0 bridgehead atoms. The smallest absolute Gasteiger partial charge is 0.277 e. The van der Waals surface area contributed by atoms with E-state index in [0.717, 1.165) is 17.3 Å². The van der Waals surface area contributed by atoms with E-state index in [-0.39, 0.29) is 17.1 Å². The van der Waals surface area contributed by atoms with Gasteiger partial charge >= 0.3 is 0 Å². The Morgan fingerprint density at radius 1 is 1.11 bits per heavy atom. The van der Waals surface area contributed by atoms with Crippen molar-refractivity contribution >= 4 is 46.6 Å². The molecule has 0 aliphatic heterocycles. The number of thioether (sulfide) groups is 1. The van der Waals surface area contributed by atoms with Crippen molar-refractivity contribution in [3.05, 3.63) is 58.1 Å². The molecule has 0 aliphatic carbocycles. The van der Waals surface area contributed by atoms with E-state index in [1.54, 1.807) is 18.2 Å². The van der Waals surface area contributed by atoms with Crippen molar-refractivity contribution in [3.8, 4) is 11.5 Å². The lowest BCUT2D eigenvalue weighted by atomic mass is 9.87. The van der Waals surface area contributed by atoms with Crippen LogP contribution in [0.4, 0.5) is 5.69 Å². The number of hydrogen-bond acceptors (Lipinski definition) is 5. The molecule has 146 valence electrons. The zero-order valence-corrected chi connectivity index (χ0v) is 18.0. The molecule has 0 unspecified atom stereocenters. The first-order chi connectivity index (χ1) is 13.2. The summed E-state index contributed by atoms with van der Waals surface area (Å²) in [6.07, 6.45) is 0. The summed E-state index contributed by atoms with van der Waals surface area (Å²) in [6, 6.07) is 12.9. The summed E-state index contributed by atoms with van der Waals surface area (Å²) in [5.41, 5.74) is 2.60. The topological polar surface area (TPSA) is 68.0 Å². The van der Waals surface area contributed by atoms with Crippen LogP contribution in [-0.2, 0) is 10.2 Å². The number of nitrogens with zero attached hydrogens (tertiary/aromatic N) is 2. The van der Waals surface area contributed by atoms with Gasteiger partial charge in [0.2, 0.25) is 11.8 Å². The third-order valence-corrected chi connectivity index (χ3v) is 5.32. The Morgan fingerprint density at radius 3 is 2.50 bits per heavy atom. The fourth-order valence-electron chi connectivity index (χ4n) is 2.40. The standard InChI is InChI=1S/C20H19Cl2N3O2S/c1-20(2,3)13-6-4-12(5-7-13)18-24-25-19(27-18)28-11-17(26)23-16-10-14(21)8-9-15(16)22/h4-10H,11H2,1-3H3,(H,23,26). The molecule has 8 heteroatoms. The van der Waals surface area contributed by atoms with Crippen molar-refractivity contribution in [3.63, 3.8) is 0 Å². The van der Waals surface area contributed by atoms with E-state index in [9.17, 15) is 4.79 Å². The van der Waals surface area contributed by atoms with Crippen LogP contribution in [0.3, 0.4) is 0 Å². The summed E-state index contributed by atoms with van der Waals surface area (Å²) < 4.78 is 5.65. The highest BCUT2D eigenvalue weighted by atomic mass is 35.5. The van der Waals surface area contributed by atoms with Gasteiger partial charge in [0.05, 0.1) is 16.5 Å². The fourth-order valence-corrected chi connectivity index (χ4v) is 3.30. The lowest BCUT2D eigenvalue weighted by Gasteiger charge is -2.18. The molecule has 28 heavy (non-hydrogen) atoms. The largest absolute Gasteiger partial charge is 0.411 e. The lowest BCUT2D eigenvalue weighted by molar-refractivity contribution is -0.113. The minimum absolute atomic E-state index is 0.0770. The minimum atomic E-state index is -0.247. The highest BCUT2D eigenvalue weighted by Gasteiger charge is 2.15. The second-order valence-electron chi connectivity index (χ2n) is 7.16. The maximum Gasteiger partial charge on any atom is 0.277 e. The number of benzene rings is 2. The second kappa shape index (κ2) is 8.55. The zero-order chi connectivity index (χ0) is 20.3. The summed E-state index contributed by atoms with van der Waals surface area (Å²) >= 11 is 13.1. The van der Waals surface area contributed by atoms with Gasteiger partial charge in [0.1, 0.15) is 0 Å². The monoisotopic (exact) mass is 435 g/mol. The summed E-state index contributed by atoms with van der Waals surface area (Å²) in [7, 11) is 0. The van der Waals surface area contributed by atoms with E-state index in [2.05, 4.69) is 48.4 Å². The van der Waals surface area contributed by atoms with E-state index in [0.29, 0.717) is 26.8 Å². The van der Waals surface area contributed by atoms with Gasteiger partial charge in [0.15, 0.2) is 0 Å². The molecule has 1 amide bonds. The number of halogens is 2. The first-order valence-corrected chi connectivity index (χ1v) is 10.3. The number of rotatable bonds is 5. The molecule has 0 radical (unpaired) electrons. The van der Waals surface area contributed by atoms with Crippen LogP contribution in [0.2, 0.25) is 10.0 Å². The average Bonchev–Trinajstić information content (AvgIpc) is 3.11. The summed E-state index contributed by atoms with van der Waals surface area (Å²) in [5, 5.41) is 12.0. The molecule has 3 rings (SSSR count).